The molecule has 0 atom stereocenters. The highest BCUT2D eigenvalue weighted by Crippen LogP contribution is 1.93. The Kier molecular flexibility index (Phi) is 12.3. The molecule has 0 aliphatic rings. The number of nitrogens with zero attached hydrogens (tertiary/aromatic N) is 3. The van der Waals surface area contributed by atoms with Crippen molar-refractivity contribution in [2.75, 3.05) is 33.2 Å². The fourth-order valence-electron chi connectivity index (χ4n) is 1.80. The van der Waals surface area contributed by atoms with Crippen molar-refractivity contribution in [1.82, 2.24) is 15.2 Å². The Hall–Kier alpha value is -0.890. The number of guanidine groups is 1. The summed E-state index contributed by atoms with van der Waals surface area (Å²) >= 11 is 0. The first-order chi connectivity index (χ1) is 9.72. The second-order valence-corrected chi connectivity index (χ2v) is 4.92. The topological polar surface area (TPSA) is 66.5 Å². The van der Waals surface area contributed by atoms with Crippen LogP contribution in [0.2, 0.25) is 0 Å². The van der Waals surface area contributed by atoms with Crippen molar-refractivity contribution in [2.45, 2.75) is 26.2 Å². The van der Waals surface area contributed by atoms with Gasteiger partial charge in [0.25, 0.3) is 0 Å². The van der Waals surface area contributed by atoms with Crippen LogP contribution in [0.25, 0.3) is 0 Å². The summed E-state index contributed by atoms with van der Waals surface area (Å²) in [6.45, 7) is 5.78. The lowest BCUT2D eigenvalue weighted by Gasteiger charge is -2.14. The van der Waals surface area contributed by atoms with Gasteiger partial charge >= 0.3 is 0 Å². The first-order valence-corrected chi connectivity index (χ1v) is 7.34. The van der Waals surface area contributed by atoms with Crippen LogP contribution in [-0.2, 0) is 6.42 Å². The highest BCUT2D eigenvalue weighted by molar-refractivity contribution is 14.0. The molecule has 6 heteroatoms. The zero-order chi connectivity index (χ0) is 14.6. The number of hydrogen-bond acceptors (Lipinski definition) is 3. The molecular formula is C15H28IN5. The van der Waals surface area contributed by atoms with Gasteiger partial charge in [0.2, 0.25) is 0 Å². The van der Waals surface area contributed by atoms with Crippen LogP contribution in [0.1, 0.15) is 25.5 Å². The van der Waals surface area contributed by atoms with Crippen LogP contribution in [0.4, 0.5) is 0 Å². The number of nitrogens with one attached hydrogen (secondary N) is 1. The summed E-state index contributed by atoms with van der Waals surface area (Å²) in [5, 5.41) is 3.12. The van der Waals surface area contributed by atoms with Gasteiger partial charge in [-0.05, 0) is 32.1 Å². The third-order valence-electron chi connectivity index (χ3n) is 3.07. The molecule has 1 heterocycles. The average Bonchev–Trinajstić information content (AvgIpc) is 2.46. The van der Waals surface area contributed by atoms with Gasteiger partial charge in [-0.1, -0.05) is 19.4 Å². The summed E-state index contributed by atoms with van der Waals surface area (Å²) in [6.07, 6.45) is 5.12. The average molecular weight is 405 g/mol. The first-order valence-electron chi connectivity index (χ1n) is 7.34. The van der Waals surface area contributed by atoms with Crippen molar-refractivity contribution in [1.29, 1.82) is 0 Å². The summed E-state index contributed by atoms with van der Waals surface area (Å²) < 4.78 is 0. The zero-order valence-corrected chi connectivity index (χ0v) is 15.4. The predicted molar refractivity (Wildman–Crippen MR) is 100 cm³/mol. The number of aliphatic imine (C=N–C) groups is 1. The number of unbranched alkanes of at least 4 members (excludes halogenated alkanes) is 1. The van der Waals surface area contributed by atoms with E-state index in [-0.39, 0.29) is 24.0 Å². The van der Waals surface area contributed by atoms with Gasteiger partial charge in [-0.2, -0.15) is 0 Å². The fraction of sp³-hybridized carbons (Fsp3) is 0.600. The molecule has 1 aromatic heterocycles. The van der Waals surface area contributed by atoms with Crippen LogP contribution in [0.15, 0.2) is 29.4 Å². The molecule has 0 bridgehead atoms. The monoisotopic (exact) mass is 405 g/mol. The van der Waals surface area contributed by atoms with Crippen LogP contribution >= 0.6 is 24.0 Å². The van der Waals surface area contributed by atoms with Crippen molar-refractivity contribution in [2.24, 2.45) is 10.7 Å². The van der Waals surface area contributed by atoms with E-state index < -0.39 is 0 Å². The Balaban J connectivity index is 0.00000400. The van der Waals surface area contributed by atoms with Crippen molar-refractivity contribution in [3.05, 3.63) is 30.1 Å². The minimum absolute atomic E-state index is 0. The summed E-state index contributed by atoms with van der Waals surface area (Å²) in [6, 6.07) is 5.92. The van der Waals surface area contributed by atoms with Crippen LogP contribution in [0, 0.1) is 0 Å². The maximum atomic E-state index is 5.82. The highest BCUT2D eigenvalue weighted by Gasteiger charge is 1.97. The quantitative estimate of drug-likeness (QED) is 0.374. The second kappa shape index (κ2) is 12.8. The molecule has 1 aromatic rings. The number of nitrogens with two attached hydrogens (primary N) is 1. The third kappa shape index (κ3) is 10.5. The molecule has 0 aliphatic heterocycles. The minimum atomic E-state index is 0. The van der Waals surface area contributed by atoms with Gasteiger partial charge in [0.05, 0.1) is 6.54 Å². The molecule has 1 rings (SSSR count). The van der Waals surface area contributed by atoms with Crippen molar-refractivity contribution < 1.29 is 0 Å². The molecule has 21 heavy (non-hydrogen) atoms. The Morgan fingerprint density at radius 3 is 2.86 bits per heavy atom. The molecule has 0 spiro atoms. The zero-order valence-electron chi connectivity index (χ0n) is 13.1. The Morgan fingerprint density at radius 1 is 1.38 bits per heavy atom. The van der Waals surface area contributed by atoms with Crippen LogP contribution < -0.4 is 11.1 Å². The predicted octanol–water partition coefficient (Wildman–Crippen LogP) is 1.88. The van der Waals surface area contributed by atoms with E-state index in [2.05, 4.69) is 34.2 Å². The number of halogens is 1. The van der Waals surface area contributed by atoms with E-state index in [0.29, 0.717) is 5.96 Å². The first kappa shape index (κ1) is 20.1. The lowest BCUT2D eigenvalue weighted by atomic mass is 10.3. The van der Waals surface area contributed by atoms with Crippen molar-refractivity contribution in [3.8, 4) is 0 Å². The molecule has 120 valence electrons. The molecule has 0 saturated carbocycles. The molecule has 0 unspecified atom stereocenters. The van der Waals surface area contributed by atoms with E-state index >= 15 is 0 Å². The highest BCUT2D eigenvalue weighted by atomic mass is 127. The van der Waals surface area contributed by atoms with Gasteiger partial charge in [0.15, 0.2) is 5.96 Å². The largest absolute Gasteiger partial charge is 0.370 e. The number of pyridine rings is 1. The van der Waals surface area contributed by atoms with Crippen LogP contribution in [0.5, 0.6) is 0 Å². The Bertz CT molecular complexity index is 383. The molecule has 0 fully saturated rings. The normalized spacial score (nSPS) is 11.3. The minimum Gasteiger partial charge on any atom is -0.370 e. The molecule has 3 N–H and O–H groups in total. The molecule has 5 nitrogen and oxygen atoms in total. The molecule has 0 aliphatic carbocycles. The number of aromatic nitrogens is 1. The van der Waals surface area contributed by atoms with Gasteiger partial charge in [0.1, 0.15) is 0 Å². The van der Waals surface area contributed by atoms with Gasteiger partial charge in [-0.15, -0.1) is 24.0 Å². The van der Waals surface area contributed by atoms with E-state index in [1.807, 2.05) is 18.2 Å². The SMILES string of the molecule is CCCCN(C)CCN=C(N)NCCc1ccccn1.I. The summed E-state index contributed by atoms with van der Waals surface area (Å²) in [5.41, 5.74) is 6.89. The number of likely N-dealkylation sites (N-methyl/N-ethyl adjacent to an activating group) is 1. The molecular weight excluding hydrogens is 377 g/mol. The van der Waals surface area contributed by atoms with E-state index in [1.54, 1.807) is 6.20 Å². The second-order valence-electron chi connectivity index (χ2n) is 4.92. The number of rotatable bonds is 9. The Morgan fingerprint density at radius 2 is 2.19 bits per heavy atom. The molecule has 0 amide bonds. The smallest absolute Gasteiger partial charge is 0.188 e. The van der Waals surface area contributed by atoms with E-state index in [1.165, 1.54) is 12.8 Å². The number of hydrogen-bond donors (Lipinski definition) is 2. The van der Waals surface area contributed by atoms with Crippen LogP contribution in [-0.4, -0.2) is 49.1 Å². The lowest BCUT2D eigenvalue weighted by Crippen LogP contribution is -2.34. The van der Waals surface area contributed by atoms with E-state index in [9.17, 15) is 0 Å². The summed E-state index contributed by atoms with van der Waals surface area (Å²) in [7, 11) is 2.12. The van der Waals surface area contributed by atoms with E-state index in [4.69, 9.17) is 5.73 Å². The molecule has 0 aromatic carbocycles. The van der Waals surface area contributed by atoms with Gasteiger partial charge < -0.3 is 16.0 Å². The molecule has 0 radical (unpaired) electrons. The van der Waals surface area contributed by atoms with Gasteiger partial charge in [0, 0.05) is 31.4 Å². The maximum Gasteiger partial charge on any atom is 0.188 e. The van der Waals surface area contributed by atoms with E-state index in [0.717, 1.165) is 38.3 Å². The van der Waals surface area contributed by atoms with Crippen LogP contribution in [0.3, 0.4) is 0 Å². The summed E-state index contributed by atoms with van der Waals surface area (Å²) in [4.78, 5) is 10.9. The Labute approximate surface area is 145 Å². The summed E-state index contributed by atoms with van der Waals surface area (Å²) in [5.74, 6) is 0.518. The van der Waals surface area contributed by atoms with Gasteiger partial charge in [-0.3, -0.25) is 9.98 Å². The molecule has 0 saturated heterocycles. The van der Waals surface area contributed by atoms with Crippen molar-refractivity contribution in [3.63, 3.8) is 0 Å². The van der Waals surface area contributed by atoms with Crippen molar-refractivity contribution >= 4 is 29.9 Å². The third-order valence-corrected chi connectivity index (χ3v) is 3.07. The standard InChI is InChI=1S/C15H27N5.HI/c1-3-4-12-20(2)13-11-19-15(16)18-10-8-14-7-5-6-9-17-14;/h5-7,9H,3-4,8,10-13H2,1-2H3,(H3,16,18,19);1H. The maximum absolute atomic E-state index is 5.82. The fourth-order valence-corrected chi connectivity index (χ4v) is 1.80. The van der Waals surface area contributed by atoms with Gasteiger partial charge in [-0.25, -0.2) is 0 Å². The lowest BCUT2D eigenvalue weighted by molar-refractivity contribution is 0.337.